The molecule has 1 unspecified atom stereocenters. The summed E-state index contributed by atoms with van der Waals surface area (Å²) in [5.74, 6) is 1.60. The fourth-order valence-electron chi connectivity index (χ4n) is 2.41. The minimum Gasteiger partial charge on any atom is -0.497 e. The van der Waals surface area contributed by atoms with Crippen LogP contribution in [0.15, 0.2) is 23.1 Å². The molecule has 0 bridgehead atoms. The average Bonchev–Trinajstić information content (AvgIpc) is 3.29. The van der Waals surface area contributed by atoms with Crippen LogP contribution in [0.1, 0.15) is 25.3 Å². The van der Waals surface area contributed by atoms with E-state index in [4.69, 9.17) is 9.84 Å². The summed E-state index contributed by atoms with van der Waals surface area (Å²) in [6.07, 6.45) is 2.67. The molecule has 1 aromatic carbocycles. The summed E-state index contributed by atoms with van der Waals surface area (Å²) in [5, 5.41) is 9.12. The maximum absolute atomic E-state index is 12.4. The van der Waals surface area contributed by atoms with Gasteiger partial charge in [-0.2, -0.15) is 0 Å². The molecule has 6 heteroatoms. The van der Waals surface area contributed by atoms with E-state index in [1.807, 2.05) is 0 Å². The molecule has 1 aliphatic rings. The molecule has 118 valence electrons. The molecular weight excluding hydrogens is 290 g/mol. The zero-order valence-corrected chi connectivity index (χ0v) is 13.3. The highest BCUT2D eigenvalue weighted by atomic mass is 32.2. The van der Waals surface area contributed by atoms with Crippen molar-refractivity contribution >= 4 is 10.0 Å². The lowest BCUT2D eigenvalue weighted by atomic mass is 10.1. The Morgan fingerprint density at radius 1 is 1.43 bits per heavy atom. The van der Waals surface area contributed by atoms with Crippen molar-refractivity contribution in [3.8, 4) is 5.75 Å². The predicted octanol–water partition coefficient (Wildman–Crippen LogP) is 1.55. The molecule has 1 aliphatic carbocycles. The van der Waals surface area contributed by atoms with Crippen molar-refractivity contribution in [2.75, 3.05) is 20.3 Å². The molecule has 0 aliphatic heterocycles. The van der Waals surface area contributed by atoms with Gasteiger partial charge in [-0.15, -0.1) is 0 Å². The van der Waals surface area contributed by atoms with Crippen LogP contribution >= 0.6 is 0 Å². The molecule has 2 rings (SSSR count). The first-order chi connectivity index (χ1) is 9.97. The third-order valence-electron chi connectivity index (χ3n) is 3.96. The van der Waals surface area contributed by atoms with Gasteiger partial charge in [0, 0.05) is 13.2 Å². The largest absolute Gasteiger partial charge is 0.497 e. The molecular formula is C15H23NO4S. The molecule has 0 saturated heterocycles. The molecule has 0 heterocycles. The number of aliphatic hydroxyl groups is 1. The van der Waals surface area contributed by atoms with E-state index in [1.54, 1.807) is 12.1 Å². The first-order valence-corrected chi connectivity index (χ1v) is 8.73. The van der Waals surface area contributed by atoms with Gasteiger partial charge in [0.25, 0.3) is 0 Å². The molecule has 5 nitrogen and oxygen atoms in total. The Kier molecular flexibility index (Phi) is 5.24. The second-order valence-corrected chi connectivity index (χ2v) is 7.35. The van der Waals surface area contributed by atoms with E-state index in [0.29, 0.717) is 29.7 Å². The molecule has 0 aromatic heterocycles. The molecule has 21 heavy (non-hydrogen) atoms. The van der Waals surface area contributed by atoms with Gasteiger partial charge in [0.05, 0.1) is 12.0 Å². The standard InChI is InChI=1S/C15H23NO4S/c1-11(12-3-4-12)10-16-21(18,19)15-6-5-14(20-2)9-13(15)7-8-17/h5-6,9,11-12,16-17H,3-4,7-8,10H2,1-2H3. The quantitative estimate of drug-likeness (QED) is 0.763. The molecule has 1 aromatic rings. The Morgan fingerprint density at radius 3 is 2.71 bits per heavy atom. The maximum atomic E-state index is 12.4. The van der Waals surface area contributed by atoms with Crippen molar-refractivity contribution < 1.29 is 18.3 Å². The number of aliphatic hydroxyl groups excluding tert-OH is 1. The Balaban J connectivity index is 2.17. The molecule has 0 spiro atoms. The lowest BCUT2D eigenvalue weighted by Crippen LogP contribution is -2.30. The molecule has 1 atom stereocenters. The van der Waals surface area contributed by atoms with Gasteiger partial charge in [-0.3, -0.25) is 0 Å². The van der Waals surface area contributed by atoms with Crippen LogP contribution in [-0.4, -0.2) is 33.8 Å². The Morgan fingerprint density at radius 2 is 2.14 bits per heavy atom. The number of sulfonamides is 1. The van der Waals surface area contributed by atoms with Gasteiger partial charge < -0.3 is 9.84 Å². The topological polar surface area (TPSA) is 75.6 Å². The number of hydrogen-bond acceptors (Lipinski definition) is 4. The zero-order valence-electron chi connectivity index (χ0n) is 12.5. The number of benzene rings is 1. The molecule has 2 N–H and O–H groups in total. The first kappa shape index (κ1) is 16.3. The van der Waals surface area contributed by atoms with Gasteiger partial charge in [0.1, 0.15) is 5.75 Å². The van der Waals surface area contributed by atoms with E-state index in [-0.39, 0.29) is 17.9 Å². The summed E-state index contributed by atoms with van der Waals surface area (Å²) in [4.78, 5) is 0.223. The number of nitrogens with one attached hydrogen (secondary N) is 1. The number of rotatable bonds is 8. The van der Waals surface area contributed by atoms with Crippen molar-refractivity contribution in [3.63, 3.8) is 0 Å². The number of ether oxygens (including phenoxy) is 1. The van der Waals surface area contributed by atoms with Crippen LogP contribution in [0, 0.1) is 11.8 Å². The summed E-state index contributed by atoms with van der Waals surface area (Å²) < 4.78 is 32.7. The fraction of sp³-hybridized carbons (Fsp3) is 0.600. The smallest absolute Gasteiger partial charge is 0.240 e. The normalized spacial score (nSPS) is 16.7. The third kappa shape index (κ3) is 4.18. The van der Waals surface area contributed by atoms with Gasteiger partial charge in [-0.05, 0) is 54.9 Å². The van der Waals surface area contributed by atoms with E-state index < -0.39 is 10.0 Å². The molecule has 1 fully saturated rings. The minimum atomic E-state index is -3.56. The maximum Gasteiger partial charge on any atom is 0.240 e. The van der Waals surface area contributed by atoms with Crippen LogP contribution in [0.3, 0.4) is 0 Å². The number of hydrogen-bond donors (Lipinski definition) is 2. The Hall–Kier alpha value is -1.11. The van der Waals surface area contributed by atoms with E-state index >= 15 is 0 Å². The summed E-state index contributed by atoms with van der Waals surface area (Å²) in [5.41, 5.74) is 0.573. The minimum absolute atomic E-state index is 0.103. The molecule has 0 amide bonds. The SMILES string of the molecule is COc1ccc(S(=O)(=O)NCC(C)C2CC2)c(CCO)c1. The predicted molar refractivity (Wildman–Crippen MR) is 80.9 cm³/mol. The van der Waals surface area contributed by atoms with Crippen molar-refractivity contribution in [2.24, 2.45) is 11.8 Å². The van der Waals surface area contributed by atoms with Crippen LogP contribution in [0.25, 0.3) is 0 Å². The third-order valence-corrected chi connectivity index (χ3v) is 5.48. The lowest BCUT2D eigenvalue weighted by Gasteiger charge is -2.15. The second-order valence-electron chi connectivity index (χ2n) is 5.61. The summed E-state index contributed by atoms with van der Waals surface area (Å²) in [7, 11) is -2.03. The first-order valence-electron chi connectivity index (χ1n) is 7.25. The second kappa shape index (κ2) is 6.77. The Bertz CT molecular complexity index is 581. The van der Waals surface area contributed by atoms with Crippen molar-refractivity contribution in [1.82, 2.24) is 4.72 Å². The van der Waals surface area contributed by atoms with Crippen molar-refractivity contribution in [3.05, 3.63) is 23.8 Å². The van der Waals surface area contributed by atoms with Gasteiger partial charge in [-0.1, -0.05) is 6.92 Å². The van der Waals surface area contributed by atoms with Crippen LogP contribution in [0.2, 0.25) is 0 Å². The van der Waals surface area contributed by atoms with Gasteiger partial charge >= 0.3 is 0 Å². The highest BCUT2D eigenvalue weighted by molar-refractivity contribution is 7.89. The van der Waals surface area contributed by atoms with Crippen LogP contribution in [0.5, 0.6) is 5.75 Å². The molecule has 0 radical (unpaired) electrons. The van der Waals surface area contributed by atoms with Crippen LogP contribution in [-0.2, 0) is 16.4 Å². The fourth-order valence-corrected chi connectivity index (χ4v) is 3.80. The van der Waals surface area contributed by atoms with E-state index in [1.165, 1.54) is 26.0 Å². The zero-order chi connectivity index (χ0) is 15.5. The molecule has 1 saturated carbocycles. The van der Waals surface area contributed by atoms with E-state index in [9.17, 15) is 8.42 Å². The monoisotopic (exact) mass is 313 g/mol. The van der Waals surface area contributed by atoms with Crippen molar-refractivity contribution in [2.45, 2.75) is 31.1 Å². The highest BCUT2D eigenvalue weighted by Gasteiger charge is 2.29. The highest BCUT2D eigenvalue weighted by Crippen LogP contribution is 2.36. The van der Waals surface area contributed by atoms with Crippen LogP contribution in [0.4, 0.5) is 0 Å². The van der Waals surface area contributed by atoms with Gasteiger partial charge in [-0.25, -0.2) is 13.1 Å². The van der Waals surface area contributed by atoms with Crippen LogP contribution < -0.4 is 9.46 Å². The van der Waals surface area contributed by atoms with Crippen molar-refractivity contribution in [1.29, 1.82) is 0 Å². The summed E-state index contributed by atoms with van der Waals surface area (Å²) in [6, 6.07) is 4.82. The van der Waals surface area contributed by atoms with E-state index in [0.717, 1.165) is 0 Å². The number of methoxy groups -OCH3 is 1. The lowest BCUT2D eigenvalue weighted by molar-refractivity contribution is 0.298. The Labute approximate surface area is 126 Å². The van der Waals surface area contributed by atoms with Gasteiger partial charge in [0.2, 0.25) is 10.0 Å². The van der Waals surface area contributed by atoms with Gasteiger partial charge in [0.15, 0.2) is 0 Å². The summed E-state index contributed by atoms with van der Waals surface area (Å²) >= 11 is 0. The average molecular weight is 313 g/mol. The van der Waals surface area contributed by atoms with E-state index in [2.05, 4.69) is 11.6 Å². The summed E-state index contributed by atoms with van der Waals surface area (Å²) in [6.45, 7) is 2.43.